The number of fused-ring (bicyclic) bond motifs is 1. The highest BCUT2D eigenvalue weighted by molar-refractivity contribution is 5.94. The Morgan fingerprint density at radius 2 is 1.65 bits per heavy atom. The van der Waals surface area contributed by atoms with Crippen molar-refractivity contribution in [2.75, 3.05) is 5.32 Å². The van der Waals surface area contributed by atoms with Crippen LogP contribution in [0.15, 0.2) is 89.6 Å². The first-order valence-electron chi connectivity index (χ1n) is 9.81. The number of nitrogens with zero attached hydrogens (tertiary/aromatic N) is 2. The molecule has 0 bridgehead atoms. The predicted octanol–water partition coefficient (Wildman–Crippen LogP) is 6.44. The lowest BCUT2D eigenvalue weighted by molar-refractivity contribution is 0.475. The van der Waals surface area contributed by atoms with Gasteiger partial charge in [-0.3, -0.25) is 0 Å². The monoisotopic (exact) mass is 409 g/mol. The fourth-order valence-electron chi connectivity index (χ4n) is 3.46. The molecule has 0 unspecified atom stereocenters. The Labute approximate surface area is 178 Å². The fraction of sp³-hybridized carbons (Fsp3) is 0.0400. The summed E-state index contributed by atoms with van der Waals surface area (Å²) in [5.74, 6) is 3.05. The zero-order valence-electron chi connectivity index (χ0n) is 16.7. The molecular weight excluding hydrogens is 390 g/mol. The average Bonchev–Trinajstić information content (AvgIpc) is 3.13. The molecule has 0 aliphatic heterocycles. The minimum atomic E-state index is 0.178. The molecule has 6 nitrogen and oxygen atoms in total. The third kappa shape index (κ3) is 3.79. The number of aromatic hydroxyl groups is 1. The number of para-hydroxylation sites is 1. The molecule has 2 heterocycles. The number of rotatable bonds is 5. The van der Waals surface area contributed by atoms with E-state index in [-0.39, 0.29) is 5.75 Å². The summed E-state index contributed by atoms with van der Waals surface area (Å²) in [5.41, 5.74) is 3.06. The summed E-state index contributed by atoms with van der Waals surface area (Å²) in [6, 6.07) is 24.3. The number of aryl methyl sites for hydroxylation is 1. The van der Waals surface area contributed by atoms with E-state index in [0.29, 0.717) is 11.5 Å². The van der Waals surface area contributed by atoms with Gasteiger partial charge in [-0.2, -0.15) is 0 Å². The maximum Gasteiger partial charge on any atom is 0.232 e. The number of furan rings is 1. The number of phenols is 1. The highest BCUT2D eigenvalue weighted by atomic mass is 16.5. The van der Waals surface area contributed by atoms with Gasteiger partial charge in [0.1, 0.15) is 35.2 Å². The number of nitrogens with one attached hydrogen (secondary N) is 1. The van der Waals surface area contributed by atoms with Gasteiger partial charge in [-0.05, 0) is 55.5 Å². The van der Waals surface area contributed by atoms with E-state index >= 15 is 0 Å². The molecule has 0 saturated carbocycles. The molecule has 0 atom stereocenters. The van der Waals surface area contributed by atoms with E-state index in [1.54, 1.807) is 18.2 Å². The molecule has 0 amide bonds. The smallest absolute Gasteiger partial charge is 0.232 e. The first kappa shape index (κ1) is 18.7. The van der Waals surface area contributed by atoms with Crippen molar-refractivity contribution in [2.45, 2.75) is 6.92 Å². The number of hydrogen-bond acceptors (Lipinski definition) is 6. The molecule has 0 saturated heterocycles. The molecule has 5 aromatic rings. The molecule has 2 N–H and O–H groups in total. The molecule has 6 heteroatoms. The van der Waals surface area contributed by atoms with Crippen molar-refractivity contribution in [3.05, 3.63) is 90.8 Å². The lowest BCUT2D eigenvalue weighted by Crippen LogP contribution is -1.95. The molecule has 2 aromatic heterocycles. The maximum absolute atomic E-state index is 9.73. The van der Waals surface area contributed by atoms with Crippen molar-refractivity contribution in [1.82, 2.24) is 9.97 Å². The Hall–Kier alpha value is -4.32. The lowest BCUT2D eigenvalue weighted by Gasteiger charge is -2.07. The summed E-state index contributed by atoms with van der Waals surface area (Å²) in [6.07, 6.45) is 1.46. The van der Waals surface area contributed by atoms with Crippen LogP contribution in [0.5, 0.6) is 17.2 Å². The summed E-state index contributed by atoms with van der Waals surface area (Å²) in [5, 5.41) is 13.8. The molecular formula is C25H19N3O3. The SMILES string of the molecule is Cc1c(-c2ccc(Oc3ccccc3)cc2)oc2ncnc(Nc3cccc(O)c3)c12. The van der Waals surface area contributed by atoms with E-state index in [1.807, 2.05) is 67.6 Å². The molecule has 3 aromatic carbocycles. The molecule has 0 radical (unpaired) electrons. The van der Waals surface area contributed by atoms with E-state index in [1.165, 1.54) is 6.33 Å². The van der Waals surface area contributed by atoms with E-state index in [2.05, 4.69) is 15.3 Å². The van der Waals surface area contributed by atoms with Crippen LogP contribution in [0.1, 0.15) is 5.56 Å². The summed E-state index contributed by atoms with van der Waals surface area (Å²) in [4.78, 5) is 8.67. The van der Waals surface area contributed by atoms with Gasteiger partial charge in [0, 0.05) is 22.9 Å². The molecule has 0 aliphatic carbocycles. The zero-order chi connectivity index (χ0) is 21.2. The van der Waals surface area contributed by atoms with Gasteiger partial charge in [0.2, 0.25) is 5.71 Å². The molecule has 0 aliphatic rings. The van der Waals surface area contributed by atoms with Gasteiger partial charge in [-0.25, -0.2) is 9.97 Å². The Bertz CT molecular complexity index is 1350. The van der Waals surface area contributed by atoms with Gasteiger partial charge in [-0.1, -0.05) is 24.3 Å². The summed E-state index contributed by atoms with van der Waals surface area (Å²) in [7, 11) is 0. The highest BCUT2D eigenvalue weighted by Crippen LogP contribution is 2.37. The molecule has 0 spiro atoms. The lowest BCUT2D eigenvalue weighted by atomic mass is 10.1. The first-order valence-corrected chi connectivity index (χ1v) is 9.81. The van der Waals surface area contributed by atoms with Gasteiger partial charge < -0.3 is 19.6 Å². The number of phenolic OH excluding ortho intramolecular Hbond substituents is 1. The first-order chi connectivity index (χ1) is 15.2. The number of anilines is 2. The van der Waals surface area contributed by atoms with Crippen LogP contribution in [-0.4, -0.2) is 15.1 Å². The third-order valence-electron chi connectivity index (χ3n) is 4.93. The number of ether oxygens (including phenoxy) is 1. The van der Waals surface area contributed by atoms with Crippen LogP contribution in [-0.2, 0) is 0 Å². The maximum atomic E-state index is 9.73. The minimum absolute atomic E-state index is 0.178. The van der Waals surface area contributed by atoms with Gasteiger partial charge in [0.05, 0.1) is 5.39 Å². The standard InChI is InChI=1S/C25H19N3O3/c1-16-22-24(28-18-6-5-7-19(29)14-18)26-15-27-25(22)31-23(16)17-10-12-21(13-11-17)30-20-8-3-2-4-9-20/h2-15,29H,1H3,(H,26,27,28). The van der Waals surface area contributed by atoms with E-state index in [4.69, 9.17) is 9.15 Å². The van der Waals surface area contributed by atoms with E-state index in [9.17, 15) is 5.11 Å². The average molecular weight is 409 g/mol. The summed E-state index contributed by atoms with van der Waals surface area (Å²) >= 11 is 0. The van der Waals surface area contributed by atoms with E-state index < -0.39 is 0 Å². The summed E-state index contributed by atoms with van der Waals surface area (Å²) < 4.78 is 11.9. The molecule has 31 heavy (non-hydrogen) atoms. The van der Waals surface area contributed by atoms with Crippen molar-refractivity contribution < 1.29 is 14.3 Å². The third-order valence-corrected chi connectivity index (χ3v) is 4.93. The second-order valence-corrected chi connectivity index (χ2v) is 7.07. The molecule has 5 rings (SSSR count). The Morgan fingerprint density at radius 3 is 2.42 bits per heavy atom. The largest absolute Gasteiger partial charge is 0.508 e. The Morgan fingerprint density at radius 1 is 0.871 bits per heavy atom. The molecule has 0 fully saturated rings. The van der Waals surface area contributed by atoms with Crippen LogP contribution < -0.4 is 10.1 Å². The highest BCUT2D eigenvalue weighted by Gasteiger charge is 2.18. The van der Waals surface area contributed by atoms with Crippen molar-refractivity contribution >= 4 is 22.6 Å². The second-order valence-electron chi connectivity index (χ2n) is 7.07. The van der Waals surface area contributed by atoms with Gasteiger partial charge >= 0.3 is 0 Å². The van der Waals surface area contributed by atoms with Crippen LogP contribution in [0.4, 0.5) is 11.5 Å². The Balaban J connectivity index is 1.47. The fourth-order valence-corrected chi connectivity index (χ4v) is 3.46. The number of benzene rings is 3. The topological polar surface area (TPSA) is 80.4 Å². The summed E-state index contributed by atoms with van der Waals surface area (Å²) in [6.45, 7) is 1.98. The van der Waals surface area contributed by atoms with Gasteiger partial charge in [0.15, 0.2) is 0 Å². The Kier molecular flexibility index (Phi) is 4.72. The van der Waals surface area contributed by atoms with Crippen molar-refractivity contribution in [3.8, 4) is 28.6 Å². The van der Waals surface area contributed by atoms with Crippen molar-refractivity contribution in [1.29, 1.82) is 0 Å². The van der Waals surface area contributed by atoms with Gasteiger partial charge in [-0.15, -0.1) is 0 Å². The van der Waals surface area contributed by atoms with Gasteiger partial charge in [0.25, 0.3) is 0 Å². The zero-order valence-corrected chi connectivity index (χ0v) is 16.7. The van der Waals surface area contributed by atoms with Crippen molar-refractivity contribution in [2.24, 2.45) is 0 Å². The van der Waals surface area contributed by atoms with Crippen LogP contribution in [0.3, 0.4) is 0 Å². The van der Waals surface area contributed by atoms with Crippen molar-refractivity contribution in [3.63, 3.8) is 0 Å². The van der Waals surface area contributed by atoms with Crippen LogP contribution in [0.25, 0.3) is 22.4 Å². The van der Waals surface area contributed by atoms with Crippen LogP contribution in [0, 0.1) is 6.92 Å². The predicted molar refractivity (Wildman–Crippen MR) is 120 cm³/mol. The minimum Gasteiger partial charge on any atom is -0.508 e. The quantitative estimate of drug-likeness (QED) is 0.348. The number of aromatic nitrogens is 2. The van der Waals surface area contributed by atoms with Crippen LogP contribution >= 0.6 is 0 Å². The van der Waals surface area contributed by atoms with E-state index in [0.717, 1.165) is 39.5 Å². The van der Waals surface area contributed by atoms with Crippen LogP contribution in [0.2, 0.25) is 0 Å². The molecule has 152 valence electrons. The number of hydrogen-bond donors (Lipinski definition) is 2. The second kappa shape index (κ2) is 7.84. The normalized spacial score (nSPS) is 10.9.